The largest absolute Gasteiger partial charge is 0.481 e. The maximum atomic E-state index is 12.2. The molecule has 0 spiro atoms. The number of amides is 2. The third-order valence-corrected chi connectivity index (χ3v) is 4.09. The van der Waals surface area contributed by atoms with E-state index in [4.69, 9.17) is 5.11 Å². The highest BCUT2D eigenvalue weighted by Crippen LogP contribution is 2.13. The molecule has 2 aromatic carbocycles. The second-order valence-corrected chi connectivity index (χ2v) is 7.12. The van der Waals surface area contributed by atoms with Crippen LogP contribution in [-0.4, -0.2) is 29.4 Å². The summed E-state index contributed by atoms with van der Waals surface area (Å²) in [6, 6.07) is 14.5. The molecule has 0 aliphatic heterocycles. The van der Waals surface area contributed by atoms with Crippen LogP contribution in [-0.2, 0) is 22.4 Å². The minimum absolute atomic E-state index is 0.0720. The van der Waals surface area contributed by atoms with E-state index in [1.54, 1.807) is 24.3 Å². The molecular formula is C22H26N2O4. The molecule has 0 unspecified atom stereocenters. The van der Waals surface area contributed by atoms with Gasteiger partial charge < -0.3 is 15.7 Å². The molecule has 0 bridgehead atoms. The average Bonchev–Trinajstić information content (AvgIpc) is 2.63. The zero-order valence-corrected chi connectivity index (χ0v) is 16.2. The number of carboxylic acids is 1. The normalized spacial score (nSPS) is 10.5. The summed E-state index contributed by atoms with van der Waals surface area (Å²) in [6.07, 6.45) is 1.17. The maximum Gasteiger partial charge on any atom is 0.305 e. The SMILES string of the molecule is CC(C)Cc1ccc(CC(=O)Nc2ccc(C(=O)NCCC(=O)O)cc2)cc1. The van der Waals surface area contributed by atoms with Crippen molar-refractivity contribution in [2.45, 2.75) is 33.1 Å². The van der Waals surface area contributed by atoms with Gasteiger partial charge in [0.1, 0.15) is 0 Å². The lowest BCUT2D eigenvalue weighted by Crippen LogP contribution is -2.26. The lowest BCUT2D eigenvalue weighted by Gasteiger charge is -2.08. The fraction of sp³-hybridized carbons (Fsp3) is 0.318. The number of hydrogen-bond donors (Lipinski definition) is 3. The van der Waals surface area contributed by atoms with Crippen LogP contribution in [0.25, 0.3) is 0 Å². The van der Waals surface area contributed by atoms with E-state index in [0.29, 0.717) is 17.2 Å². The molecule has 6 nitrogen and oxygen atoms in total. The van der Waals surface area contributed by atoms with Crippen molar-refractivity contribution in [3.05, 3.63) is 65.2 Å². The van der Waals surface area contributed by atoms with Gasteiger partial charge in [0.25, 0.3) is 5.91 Å². The summed E-state index contributed by atoms with van der Waals surface area (Å²) in [5, 5.41) is 13.9. The van der Waals surface area contributed by atoms with Gasteiger partial charge in [-0.2, -0.15) is 0 Å². The molecule has 0 saturated heterocycles. The zero-order chi connectivity index (χ0) is 20.5. The highest BCUT2D eigenvalue weighted by molar-refractivity contribution is 5.96. The molecule has 0 aromatic heterocycles. The van der Waals surface area contributed by atoms with E-state index in [0.717, 1.165) is 12.0 Å². The first-order valence-electron chi connectivity index (χ1n) is 9.31. The third kappa shape index (κ3) is 7.23. The number of benzene rings is 2. The van der Waals surface area contributed by atoms with Crippen molar-refractivity contribution in [1.82, 2.24) is 5.32 Å². The Morgan fingerprint density at radius 1 is 0.929 bits per heavy atom. The van der Waals surface area contributed by atoms with Gasteiger partial charge >= 0.3 is 5.97 Å². The smallest absolute Gasteiger partial charge is 0.305 e. The van der Waals surface area contributed by atoms with Crippen LogP contribution in [0.15, 0.2) is 48.5 Å². The number of anilines is 1. The number of rotatable bonds is 9. The van der Waals surface area contributed by atoms with Crippen molar-refractivity contribution in [1.29, 1.82) is 0 Å². The van der Waals surface area contributed by atoms with E-state index in [9.17, 15) is 14.4 Å². The number of carbonyl (C=O) groups is 3. The molecule has 0 fully saturated rings. The summed E-state index contributed by atoms with van der Waals surface area (Å²) >= 11 is 0. The highest BCUT2D eigenvalue weighted by Gasteiger charge is 2.08. The maximum absolute atomic E-state index is 12.2. The molecule has 6 heteroatoms. The minimum atomic E-state index is -0.965. The Morgan fingerprint density at radius 3 is 2.11 bits per heavy atom. The molecule has 28 heavy (non-hydrogen) atoms. The van der Waals surface area contributed by atoms with E-state index in [-0.39, 0.29) is 31.2 Å². The standard InChI is InChI=1S/C22H26N2O4/c1-15(2)13-16-3-5-17(6-4-16)14-20(25)24-19-9-7-18(8-10-19)22(28)23-12-11-21(26)27/h3-10,15H,11-14H2,1-2H3,(H,23,28)(H,24,25)(H,26,27). The van der Waals surface area contributed by atoms with Crippen LogP contribution in [0.4, 0.5) is 5.69 Å². The monoisotopic (exact) mass is 382 g/mol. The van der Waals surface area contributed by atoms with Crippen LogP contribution in [0.1, 0.15) is 41.8 Å². The molecule has 0 atom stereocenters. The van der Waals surface area contributed by atoms with E-state index in [1.807, 2.05) is 12.1 Å². The van der Waals surface area contributed by atoms with E-state index in [1.165, 1.54) is 5.56 Å². The number of hydrogen-bond acceptors (Lipinski definition) is 3. The molecule has 0 saturated carbocycles. The second kappa shape index (κ2) is 10.3. The Hall–Kier alpha value is -3.15. The van der Waals surface area contributed by atoms with E-state index >= 15 is 0 Å². The summed E-state index contributed by atoms with van der Waals surface area (Å²) in [6.45, 7) is 4.42. The van der Waals surface area contributed by atoms with Crippen LogP contribution < -0.4 is 10.6 Å². The van der Waals surface area contributed by atoms with Gasteiger partial charge in [-0.15, -0.1) is 0 Å². The molecule has 3 N–H and O–H groups in total. The van der Waals surface area contributed by atoms with Gasteiger partial charge in [0.2, 0.25) is 5.91 Å². The van der Waals surface area contributed by atoms with Gasteiger partial charge in [0.15, 0.2) is 0 Å². The number of nitrogens with one attached hydrogen (secondary N) is 2. The molecular weight excluding hydrogens is 356 g/mol. The van der Waals surface area contributed by atoms with Crippen molar-refractivity contribution in [3.8, 4) is 0 Å². The molecule has 0 radical (unpaired) electrons. The van der Waals surface area contributed by atoms with Gasteiger partial charge in [0.05, 0.1) is 12.8 Å². The predicted molar refractivity (Wildman–Crippen MR) is 108 cm³/mol. The van der Waals surface area contributed by atoms with Crippen LogP contribution >= 0.6 is 0 Å². The highest BCUT2D eigenvalue weighted by atomic mass is 16.4. The van der Waals surface area contributed by atoms with Crippen molar-refractivity contribution in [2.75, 3.05) is 11.9 Å². The topological polar surface area (TPSA) is 95.5 Å². The first kappa shape index (κ1) is 21.2. The fourth-order valence-corrected chi connectivity index (χ4v) is 2.75. The quantitative estimate of drug-likeness (QED) is 0.620. The fourth-order valence-electron chi connectivity index (χ4n) is 2.75. The van der Waals surface area contributed by atoms with Gasteiger partial charge in [-0.25, -0.2) is 0 Å². The van der Waals surface area contributed by atoms with Crippen LogP contribution in [0, 0.1) is 5.92 Å². The van der Waals surface area contributed by atoms with E-state index in [2.05, 4.69) is 36.6 Å². The molecule has 148 valence electrons. The van der Waals surface area contributed by atoms with Crippen molar-refractivity contribution < 1.29 is 19.5 Å². The molecule has 2 amide bonds. The average molecular weight is 382 g/mol. The van der Waals surface area contributed by atoms with Gasteiger partial charge in [0, 0.05) is 17.8 Å². The summed E-state index contributed by atoms with van der Waals surface area (Å²) in [5.41, 5.74) is 3.21. The van der Waals surface area contributed by atoms with Crippen LogP contribution in [0.2, 0.25) is 0 Å². The van der Waals surface area contributed by atoms with E-state index < -0.39 is 5.97 Å². The third-order valence-electron chi connectivity index (χ3n) is 4.09. The van der Waals surface area contributed by atoms with Crippen LogP contribution in [0.5, 0.6) is 0 Å². The summed E-state index contributed by atoms with van der Waals surface area (Å²) < 4.78 is 0. The number of aliphatic carboxylic acids is 1. The summed E-state index contributed by atoms with van der Waals surface area (Å²) in [4.78, 5) is 34.6. The Kier molecular flexibility index (Phi) is 7.75. The number of carbonyl (C=O) groups excluding carboxylic acids is 2. The minimum Gasteiger partial charge on any atom is -0.481 e. The lowest BCUT2D eigenvalue weighted by molar-refractivity contribution is -0.136. The second-order valence-electron chi connectivity index (χ2n) is 7.12. The molecule has 2 rings (SSSR count). The summed E-state index contributed by atoms with van der Waals surface area (Å²) in [7, 11) is 0. The van der Waals surface area contributed by atoms with Crippen LogP contribution in [0.3, 0.4) is 0 Å². The first-order chi connectivity index (χ1) is 13.3. The molecule has 0 heterocycles. The van der Waals surface area contributed by atoms with Gasteiger partial charge in [-0.1, -0.05) is 38.1 Å². The Bertz CT molecular complexity index is 811. The zero-order valence-electron chi connectivity index (χ0n) is 16.2. The van der Waals surface area contributed by atoms with Crippen molar-refractivity contribution in [2.24, 2.45) is 5.92 Å². The Morgan fingerprint density at radius 2 is 1.54 bits per heavy atom. The predicted octanol–water partition coefficient (Wildman–Crippen LogP) is 3.27. The van der Waals surface area contributed by atoms with Crippen molar-refractivity contribution >= 4 is 23.5 Å². The van der Waals surface area contributed by atoms with Gasteiger partial charge in [-0.05, 0) is 47.7 Å². The van der Waals surface area contributed by atoms with Crippen molar-refractivity contribution in [3.63, 3.8) is 0 Å². The lowest BCUT2D eigenvalue weighted by atomic mass is 10.0. The Labute approximate surface area is 165 Å². The van der Waals surface area contributed by atoms with Gasteiger partial charge in [-0.3, -0.25) is 14.4 Å². The molecule has 0 aliphatic carbocycles. The Balaban J connectivity index is 1.85. The summed E-state index contributed by atoms with van der Waals surface area (Å²) in [5.74, 6) is -0.847. The molecule has 2 aromatic rings. The first-order valence-corrected chi connectivity index (χ1v) is 9.31. The molecule has 0 aliphatic rings. The number of carboxylic acid groups (broad SMARTS) is 1.